The summed E-state index contributed by atoms with van der Waals surface area (Å²) in [7, 11) is 0. The standard InChI is InChI=1S/C14H16N4O2S/c1-9-8-20-7-6-18(9)14(19)11-10(2)17-13(21-11)12-15-4-3-5-16-12/h3-5,9H,6-8H2,1-2H3. The fraction of sp³-hybridized carbons (Fsp3) is 0.429. The van der Waals surface area contributed by atoms with Crippen LogP contribution in [0.15, 0.2) is 18.5 Å². The molecular weight excluding hydrogens is 288 g/mol. The highest BCUT2D eigenvalue weighted by atomic mass is 32.1. The fourth-order valence-corrected chi connectivity index (χ4v) is 3.23. The topological polar surface area (TPSA) is 68.2 Å². The zero-order valence-corrected chi connectivity index (χ0v) is 12.8. The van der Waals surface area contributed by atoms with Gasteiger partial charge in [-0.3, -0.25) is 4.79 Å². The molecule has 6 nitrogen and oxygen atoms in total. The number of morpholine rings is 1. The number of rotatable bonds is 2. The van der Waals surface area contributed by atoms with Crippen LogP contribution in [0.3, 0.4) is 0 Å². The van der Waals surface area contributed by atoms with Gasteiger partial charge in [-0.25, -0.2) is 15.0 Å². The van der Waals surface area contributed by atoms with Gasteiger partial charge in [-0.1, -0.05) is 0 Å². The first kappa shape index (κ1) is 14.1. The Hall–Kier alpha value is -1.86. The summed E-state index contributed by atoms with van der Waals surface area (Å²) < 4.78 is 5.38. The molecule has 0 N–H and O–H groups in total. The summed E-state index contributed by atoms with van der Waals surface area (Å²) in [6.45, 7) is 5.63. The van der Waals surface area contributed by atoms with E-state index in [0.717, 1.165) is 5.69 Å². The van der Waals surface area contributed by atoms with Gasteiger partial charge >= 0.3 is 0 Å². The fourth-order valence-electron chi connectivity index (χ4n) is 2.26. The van der Waals surface area contributed by atoms with Gasteiger partial charge in [0.1, 0.15) is 4.88 Å². The minimum atomic E-state index is 0.0166. The lowest BCUT2D eigenvalue weighted by Crippen LogP contribution is -2.47. The lowest BCUT2D eigenvalue weighted by atomic mass is 10.2. The van der Waals surface area contributed by atoms with Gasteiger partial charge in [0.15, 0.2) is 10.8 Å². The molecule has 1 fully saturated rings. The summed E-state index contributed by atoms with van der Waals surface area (Å²) in [5.74, 6) is 0.572. The Balaban J connectivity index is 1.89. The molecule has 7 heteroatoms. The van der Waals surface area contributed by atoms with Crippen LogP contribution in [0.2, 0.25) is 0 Å². The van der Waals surface area contributed by atoms with Crippen molar-refractivity contribution in [2.75, 3.05) is 19.8 Å². The largest absolute Gasteiger partial charge is 0.377 e. The van der Waals surface area contributed by atoms with Crippen LogP contribution in [-0.4, -0.2) is 51.6 Å². The molecule has 1 aliphatic rings. The molecule has 0 spiro atoms. The van der Waals surface area contributed by atoms with Gasteiger partial charge in [0.05, 0.1) is 24.9 Å². The van der Waals surface area contributed by atoms with E-state index in [1.54, 1.807) is 18.5 Å². The van der Waals surface area contributed by atoms with Crippen LogP contribution in [-0.2, 0) is 4.74 Å². The molecular formula is C14H16N4O2S. The number of amides is 1. The quantitative estimate of drug-likeness (QED) is 0.846. The molecule has 0 aromatic carbocycles. The lowest BCUT2D eigenvalue weighted by molar-refractivity contribution is 0.00381. The summed E-state index contributed by atoms with van der Waals surface area (Å²) in [5.41, 5.74) is 0.728. The predicted octanol–water partition coefficient (Wildman–Crippen LogP) is 1.77. The highest BCUT2D eigenvalue weighted by molar-refractivity contribution is 7.17. The van der Waals surface area contributed by atoms with E-state index < -0.39 is 0 Å². The van der Waals surface area contributed by atoms with Gasteiger partial charge in [-0.05, 0) is 19.9 Å². The second-order valence-electron chi connectivity index (χ2n) is 4.93. The maximum absolute atomic E-state index is 12.7. The molecule has 1 aliphatic heterocycles. The van der Waals surface area contributed by atoms with Gasteiger partial charge in [0.2, 0.25) is 0 Å². The monoisotopic (exact) mass is 304 g/mol. The van der Waals surface area contributed by atoms with Crippen molar-refractivity contribution in [2.45, 2.75) is 19.9 Å². The number of thiazole rings is 1. The number of hydrogen-bond acceptors (Lipinski definition) is 6. The Labute approximate surface area is 126 Å². The Bertz CT molecular complexity index is 644. The van der Waals surface area contributed by atoms with E-state index in [2.05, 4.69) is 15.0 Å². The number of hydrogen-bond donors (Lipinski definition) is 0. The molecule has 0 aliphatic carbocycles. The van der Waals surface area contributed by atoms with Crippen LogP contribution in [0, 0.1) is 6.92 Å². The van der Waals surface area contributed by atoms with Crippen molar-refractivity contribution in [1.82, 2.24) is 19.9 Å². The van der Waals surface area contributed by atoms with Crippen molar-refractivity contribution in [3.63, 3.8) is 0 Å². The minimum absolute atomic E-state index is 0.0166. The molecule has 3 rings (SSSR count). The average Bonchev–Trinajstić information content (AvgIpc) is 2.90. The van der Waals surface area contributed by atoms with E-state index in [-0.39, 0.29) is 11.9 Å². The van der Waals surface area contributed by atoms with E-state index >= 15 is 0 Å². The second kappa shape index (κ2) is 5.87. The minimum Gasteiger partial charge on any atom is -0.377 e. The predicted molar refractivity (Wildman–Crippen MR) is 79.2 cm³/mol. The molecule has 0 radical (unpaired) electrons. The van der Waals surface area contributed by atoms with Crippen molar-refractivity contribution in [3.8, 4) is 10.8 Å². The van der Waals surface area contributed by atoms with Crippen molar-refractivity contribution >= 4 is 17.2 Å². The summed E-state index contributed by atoms with van der Waals surface area (Å²) in [5, 5.41) is 0.678. The van der Waals surface area contributed by atoms with E-state index in [9.17, 15) is 4.79 Å². The number of aryl methyl sites for hydroxylation is 1. The van der Waals surface area contributed by atoms with E-state index in [0.29, 0.717) is 35.5 Å². The molecule has 0 bridgehead atoms. The Morgan fingerprint density at radius 3 is 2.90 bits per heavy atom. The van der Waals surface area contributed by atoms with Gasteiger partial charge in [0.25, 0.3) is 5.91 Å². The van der Waals surface area contributed by atoms with E-state index in [4.69, 9.17) is 4.74 Å². The number of aromatic nitrogens is 3. The molecule has 0 saturated carbocycles. The molecule has 1 atom stereocenters. The Morgan fingerprint density at radius 1 is 1.43 bits per heavy atom. The van der Waals surface area contributed by atoms with Crippen molar-refractivity contribution in [2.24, 2.45) is 0 Å². The average molecular weight is 304 g/mol. The maximum Gasteiger partial charge on any atom is 0.266 e. The molecule has 1 saturated heterocycles. The van der Waals surface area contributed by atoms with E-state index in [1.165, 1.54) is 11.3 Å². The number of ether oxygens (including phenoxy) is 1. The normalized spacial score (nSPS) is 18.8. The molecule has 1 amide bonds. The number of carbonyl (C=O) groups is 1. The van der Waals surface area contributed by atoms with Crippen LogP contribution in [0.25, 0.3) is 10.8 Å². The number of carbonyl (C=O) groups excluding carboxylic acids is 1. The molecule has 1 unspecified atom stereocenters. The third-order valence-electron chi connectivity index (χ3n) is 3.38. The SMILES string of the molecule is Cc1nc(-c2ncccn2)sc1C(=O)N1CCOCC1C. The maximum atomic E-state index is 12.7. The van der Waals surface area contributed by atoms with Crippen molar-refractivity contribution < 1.29 is 9.53 Å². The van der Waals surface area contributed by atoms with Crippen molar-refractivity contribution in [1.29, 1.82) is 0 Å². The van der Waals surface area contributed by atoms with E-state index in [1.807, 2.05) is 18.7 Å². The zero-order chi connectivity index (χ0) is 14.8. The highest BCUT2D eigenvalue weighted by Crippen LogP contribution is 2.27. The van der Waals surface area contributed by atoms with Crippen molar-refractivity contribution in [3.05, 3.63) is 29.0 Å². The summed E-state index contributed by atoms with van der Waals surface area (Å²) >= 11 is 1.35. The Kier molecular flexibility index (Phi) is 3.94. The van der Waals surface area contributed by atoms with Crippen LogP contribution in [0.5, 0.6) is 0 Å². The Morgan fingerprint density at radius 2 is 2.19 bits per heavy atom. The molecule has 2 aromatic heterocycles. The second-order valence-corrected chi connectivity index (χ2v) is 5.93. The molecule has 21 heavy (non-hydrogen) atoms. The van der Waals surface area contributed by atoms with Gasteiger partial charge in [-0.15, -0.1) is 11.3 Å². The van der Waals surface area contributed by atoms with Crippen LogP contribution >= 0.6 is 11.3 Å². The van der Waals surface area contributed by atoms with Crippen LogP contribution < -0.4 is 0 Å². The molecule has 2 aromatic rings. The van der Waals surface area contributed by atoms with Crippen LogP contribution in [0.1, 0.15) is 22.3 Å². The first-order chi connectivity index (χ1) is 10.2. The van der Waals surface area contributed by atoms with Gasteiger partial charge in [-0.2, -0.15) is 0 Å². The summed E-state index contributed by atoms with van der Waals surface area (Å²) in [6, 6.07) is 1.84. The summed E-state index contributed by atoms with van der Waals surface area (Å²) in [6.07, 6.45) is 3.34. The third-order valence-corrected chi connectivity index (χ3v) is 4.52. The number of nitrogens with zero attached hydrogens (tertiary/aromatic N) is 4. The smallest absolute Gasteiger partial charge is 0.266 e. The lowest BCUT2D eigenvalue weighted by Gasteiger charge is -2.33. The third kappa shape index (κ3) is 2.79. The first-order valence-corrected chi connectivity index (χ1v) is 7.62. The first-order valence-electron chi connectivity index (χ1n) is 6.80. The zero-order valence-electron chi connectivity index (χ0n) is 11.9. The van der Waals surface area contributed by atoms with Crippen LogP contribution in [0.4, 0.5) is 0 Å². The van der Waals surface area contributed by atoms with Gasteiger partial charge < -0.3 is 9.64 Å². The molecule has 3 heterocycles. The summed E-state index contributed by atoms with van der Waals surface area (Å²) in [4.78, 5) is 28.0. The highest BCUT2D eigenvalue weighted by Gasteiger charge is 2.28. The molecule has 110 valence electrons. The van der Waals surface area contributed by atoms with Gasteiger partial charge in [0, 0.05) is 18.9 Å².